The van der Waals surface area contributed by atoms with E-state index >= 15 is 0 Å². The van der Waals surface area contributed by atoms with Crippen LogP contribution in [-0.4, -0.2) is 45.0 Å². The Morgan fingerprint density at radius 1 is 1.30 bits per heavy atom. The molecule has 2 rings (SSSR count). The molecule has 1 amide bonds. The van der Waals surface area contributed by atoms with Gasteiger partial charge in [0.25, 0.3) is 0 Å². The Hall–Kier alpha value is -2.09. The first kappa shape index (κ1) is 21.2. The molecule has 0 spiro atoms. The fourth-order valence-electron chi connectivity index (χ4n) is 2.74. The second-order valence-electron chi connectivity index (χ2n) is 7.13. The van der Waals surface area contributed by atoms with Crippen molar-refractivity contribution in [2.24, 2.45) is 5.92 Å². The zero-order valence-electron chi connectivity index (χ0n) is 16.7. The second kappa shape index (κ2) is 10.3. The molecule has 1 N–H and O–H groups in total. The predicted molar refractivity (Wildman–Crippen MR) is 107 cm³/mol. The maximum Gasteiger partial charge on any atom is 0.230 e. The molecule has 0 aliphatic heterocycles. The number of benzene rings is 1. The number of amides is 1. The van der Waals surface area contributed by atoms with Crippen molar-refractivity contribution in [3.05, 3.63) is 23.8 Å². The Kier molecular flexibility index (Phi) is 8.09. The molecule has 0 bridgehead atoms. The highest BCUT2D eigenvalue weighted by Gasteiger charge is 2.16. The maximum absolute atomic E-state index is 12.2. The van der Waals surface area contributed by atoms with Gasteiger partial charge in [0.1, 0.15) is 11.4 Å². The number of aromatic nitrogens is 4. The van der Waals surface area contributed by atoms with Gasteiger partial charge in [-0.1, -0.05) is 44.5 Å². The summed E-state index contributed by atoms with van der Waals surface area (Å²) >= 11 is 1.31. The average molecular weight is 392 g/mol. The van der Waals surface area contributed by atoms with Gasteiger partial charge < -0.3 is 10.1 Å². The lowest BCUT2D eigenvalue weighted by Crippen LogP contribution is -2.33. The van der Waals surface area contributed by atoms with Crippen LogP contribution in [-0.2, 0) is 4.79 Å². The van der Waals surface area contributed by atoms with E-state index in [0.717, 1.165) is 24.1 Å². The van der Waals surface area contributed by atoms with E-state index in [-0.39, 0.29) is 17.7 Å². The number of nitrogens with zero attached hydrogens (tertiary/aromatic N) is 4. The van der Waals surface area contributed by atoms with Crippen LogP contribution in [0.1, 0.15) is 45.6 Å². The minimum absolute atomic E-state index is 0.0113. The topological polar surface area (TPSA) is 81.9 Å². The molecular weight excluding hydrogens is 362 g/mol. The van der Waals surface area contributed by atoms with Crippen molar-refractivity contribution in [3.63, 3.8) is 0 Å². The number of ether oxygens (including phenoxy) is 1. The van der Waals surface area contributed by atoms with Crippen molar-refractivity contribution in [1.82, 2.24) is 25.5 Å². The highest BCUT2D eigenvalue weighted by atomic mass is 32.2. The predicted octanol–water partition coefficient (Wildman–Crippen LogP) is 3.40. The van der Waals surface area contributed by atoms with Crippen LogP contribution >= 0.6 is 11.8 Å². The van der Waals surface area contributed by atoms with E-state index in [2.05, 4.69) is 34.7 Å². The zero-order chi connectivity index (χ0) is 19.8. The summed E-state index contributed by atoms with van der Waals surface area (Å²) in [4.78, 5) is 12.2. The van der Waals surface area contributed by atoms with Crippen molar-refractivity contribution < 1.29 is 9.53 Å². The van der Waals surface area contributed by atoms with Crippen molar-refractivity contribution in [2.75, 3.05) is 12.9 Å². The van der Waals surface area contributed by atoms with E-state index in [1.165, 1.54) is 18.2 Å². The Balaban J connectivity index is 1.93. The number of hydrogen-bond donors (Lipinski definition) is 1. The van der Waals surface area contributed by atoms with Gasteiger partial charge in [-0.3, -0.25) is 4.79 Å². The molecule has 1 atom stereocenters. The number of thioether (sulfide) groups is 1. The highest BCUT2D eigenvalue weighted by Crippen LogP contribution is 2.26. The number of methoxy groups -OCH3 is 1. The van der Waals surface area contributed by atoms with Crippen molar-refractivity contribution >= 4 is 17.7 Å². The van der Waals surface area contributed by atoms with Crippen LogP contribution in [0.15, 0.2) is 23.4 Å². The van der Waals surface area contributed by atoms with Crippen molar-refractivity contribution in [1.29, 1.82) is 0 Å². The first-order chi connectivity index (χ1) is 12.9. The molecule has 0 saturated carbocycles. The van der Waals surface area contributed by atoms with Crippen LogP contribution in [0.2, 0.25) is 0 Å². The largest absolute Gasteiger partial charge is 0.494 e. The first-order valence-corrected chi connectivity index (χ1v) is 10.2. The van der Waals surface area contributed by atoms with Gasteiger partial charge in [0.2, 0.25) is 11.1 Å². The summed E-state index contributed by atoms with van der Waals surface area (Å²) in [6.07, 6.45) is 3.30. The molecule has 148 valence electrons. The molecule has 0 unspecified atom stereocenters. The summed E-state index contributed by atoms with van der Waals surface area (Å²) in [5.74, 6) is 1.63. The molecule has 0 fully saturated rings. The molecule has 0 aliphatic rings. The lowest BCUT2D eigenvalue weighted by atomic mass is 10.0. The van der Waals surface area contributed by atoms with E-state index in [4.69, 9.17) is 4.74 Å². The summed E-state index contributed by atoms with van der Waals surface area (Å²) in [6.45, 7) is 8.47. The molecule has 1 heterocycles. The third-order valence-electron chi connectivity index (χ3n) is 4.16. The van der Waals surface area contributed by atoms with Gasteiger partial charge >= 0.3 is 0 Å². The minimum Gasteiger partial charge on any atom is -0.494 e. The van der Waals surface area contributed by atoms with E-state index in [1.807, 2.05) is 32.0 Å². The first-order valence-electron chi connectivity index (χ1n) is 9.26. The van der Waals surface area contributed by atoms with Gasteiger partial charge in [-0.15, -0.1) is 5.10 Å². The molecule has 7 nitrogen and oxygen atoms in total. The molecule has 0 aliphatic carbocycles. The molecule has 0 radical (unpaired) electrons. The normalized spacial score (nSPS) is 12.2. The van der Waals surface area contributed by atoms with Crippen LogP contribution in [0.3, 0.4) is 0 Å². The van der Waals surface area contributed by atoms with E-state index in [9.17, 15) is 4.79 Å². The third-order valence-corrected chi connectivity index (χ3v) is 5.08. The summed E-state index contributed by atoms with van der Waals surface area (Å²) in [5.41, 5.74) is 1.83. The fraction of sp³-hybridized carbons (Fsp3) is 0.579. The molecule has 27 heavy (non-hydrogen) atoms. The third kappa shape index (κ3) is 6.53. The number of rotatable bonds is 10. The number of nitrogens with one attached hydrogen (secondary N) is 1. The Labute approximate surface area is 165 Å². The summed E-state index contributed by atoms with van der Waals surface area (Å²) in [6, 6.07) is 5.97. The standard InChI is InChI=1S/C19H29N5O2S/c1-13(2)7-6-8-15(4)20-18(25)12-27-19-21-22-23-24(19)16-11-14(3)9-10-17(16)26-5/h9-11,13,15H,6-8,12H2,1-5H3,(H,20,25)/t15-/m0/s1. The van der Waals surface area contributed by atoms with Crippen LogP contribution in [0.5, 0.6) is 5.75 Å². The average Bonchev–Trinajstić information content (AvgIpc) is 3.08. The Bertz CT molecular complexity index is 747. The van der Waals surface area contributed by atoms with Crippen LogP contribution in [0.25, 0.3) is 5.69 Å². The van der Waals surface area contributed by atoms with Gasteiger partial charge in [0.15, 0.2) is 0 Å². The number of hydrogen-bond acceptors (Lipinski definition) is 6. The van der Waals surface area contributed by atoms with E-state index in [1.54, 1.807) is 11.8 Å². The molecule has 1 aromatic carbocycles. The van der Waals surface area contributed by atoms with Crippen LogP contribution in [0, 0.1) is 12.8 Å². The molecule has 0 saturated heterocycles. The van der Waals surface area contributed by atoms with E-state index in [0.29, 0.717) is 16.8 Å². The maximum atomic E-state index is 12.2. The monoisotopic (exact) mass is 391 g/mol. The van der Waals surface area contributed by atoms with Crippen molar-refractivity contribution in [3.8, 4) is 11.4 Å². The SMILES string of the molecule is COc1ccc(C)cc1-n1nnnc1SCC(=O)N[C@@H](C)CCCC(C)C. The minimum atomic E-state index is -0.0113. The molecule has 8 heteroatoms. The van der Waals surface area contributed by atoms with Gasteiger partial charge in [-0.05, 0) is 54.3 Å². The zero-order valence-corrected chi connectivity index (χ0v) is 17.5. The highest BCUT2D eigenvalue weighted by molar-refractivity contribution is 7.99. The fourth-order valence-corrected chi connectivity index (χ4v) is 3.43. The Morgan fingerprint density at radius 2 is 2.07 bits per heavy atom. The number of carbonyl (C=O) groups is 1. The lowest BCUT2D eigenvalue weighted by Gasteiger charge is -2.14. The quantitative estimate of drug-likeness (QED) is 0.625. The van der Waals surface area contributed by atoms with Crippen LogP contribution < -0.4 is 10.1 Å². The molecule has 2 aromatic rings. The number of tetrazole rings is 1. The molecular formula is C19H29N5O2S. The van der Waals surface area contributed by atoms with Crippen molar-refractivity contribution in [2.45, 2.75) is 58.2 Å². The Morgan fingerprint density at radius 3 is 2.78 bits per heavy atom. The van der Waals surface area contributed by atoms with Gasteiger partial charge in [-0.25, -0.2) is 0 Å². The second-order valence-corrected chi connectivity index (χ2v) is 8.07. The summed E-state index contributed by atoms with van der Waals surface area (Å²) in [7, 11) is 1.61. The summed E-state index contributed by atoms with van der Waals surface area (Å²) in [5, 5.41) is 15.5. The smallest absolute Gasteiger partial charge is 0.230 e. The molecule has 1 aromatic heterocycles. The van der Waals surface area contributed by atoms with Gasteiger partial charge in [0, 0.05) is 6.04 Å². The van der Waals surface area contributed by atoms with E-state index < -0.39 is 0 Å². The number of aryl methyl sites for hydroxylation is 1. The van der Waals surface area contributed by atoms with Gasteiger partial charge in [0.05, 0.1) is 12.9 Å². The summed E-state index contributed by atoms with van der Waals surface area (Å²) < 4.78 is 7.01. The number of carbonyl (C=O) groups excluding carboxylic acids is 1. The van der Waals surface area contributed by atoms with Gasteiger partial charge in [-0.2, -0.15) is 4.68 Å². The van der Waals surface area contributed by atoms with Crippen LogP contribution in [0.4, 0.5) is 0 Å². The lowest BCUT2D eigenvalue weighted by molar-refractivity contribution is -0.119.